The van der Waals surface area contributed by atoms with Gasteiger partial charge in [0.05, 0.1) is 0 Å². The first-order valence-electron chi connectivity index (χ1n) is 7.68. The molecule has 1 aromatic carbocycles. The number of hydrogen-bond acceptors (Lipinski definition) is 6. The van der Waals surface area contributed by atoms with E-state index < -0.39 is 38.3 Å². The quantitative estimate of drug-likeness (QED) is 0.763. The van der Waals surface area contributed by atoms with Crippen LogP contribution in [0.2, 0.25) is 0 Å². The molecule has 1 aliphatic carbocycles. The minimum absolute atomic E-state index is 0.351. The third-order valence-corrected chi connectivity index (χ3v) is 5.90. The molecule has 1 heterocycles. The first kappa shape index (κ1) is 19.0. The average molecular weight is 399 g/mol. The number of nitrogens with zero attached hydrogens (tertiary/aromatic N) is 3. The minimum atomic E-state index is -4.79. The van der Waals surface area contributed by atoms with Gasteiger partial charge in [-0.25, -0.2) is 13.1 Å². The van der Waals surface area contributed by atoms with Crippen LogP contribution in [0, 0.1) is 0 Å². The summed E-state index contributed by atoms with van der Waals surface area (Å²) in [4.78, 5) is 1.31. The smallest absolute Gasteiger partial charge is 0.368 e. The SMILES string of the molecule is CS(=O)(=O)C1(n2nc(N)nc2N)C=CC(c2ccccc2)C(C(F)(F)F)=C1. The molecule has 0 spiro atoms. The highest BCUT2D eigenvalue weighted by molar-refractivity contribution is 7.91. The Labute approximate surface area is 153 Å². The standard InChI is InChI=1S/C16H16F3N5O2S/c1-27(25,26)15(24-14(21)22-13(20)23-24)8-7-11(10-5-3-2-4-6-10)12(9-15)16(17,18)19/h2-9,11H,1H3,(H4,20,21,22,23). The number of rotatable bonds is 3. The van der Waals surface area contributed by atoms with Gasteiger partial charge in [0.25, 0.3) is 0 Å². The van der Waals surface area contributed by atoms with Crippen LogP contribution in [0.1, 0.15) is 11.5 Å². The van der Waals surface area contributed by atoms with Gasteiger partial charge in [-0.05, 0) is 17.7 Å². The minimum Gasteiger partial charge on any atom is -0.368 e. The van der Waals surface area contributed by atoms with Crippen LogP contribution < -0.4 is 11.5 Å². The maximum Gasteiger partial charge on any atom is 0.413 e. The summed E-state index contributed by atoms with van der Waals surface area (Å²) in [7, 11) is -4.19. The van der Waals surface area contributed by atoms with Crippen molar-refractivity contribution in [2.75, 3.05) is 17.7 Å². The summed E-state index contributed by atoms with van der Waals surface area (Å²) >= 11 is 0. The lowest BCUT2D eigenvalue weighted by Crippen LogP contribution is -2.42. The predicted octanol–water partition coefficient (Wildman–Crippen LogP) is 1.98. The van der Waals surface area contributed by atoms with Crippen molar-refractivity contribution >= 4 is 21.7 Å². The van der Waals surface area contributed by atoms with Crippen molar-refractivity contribution in [3.8, 4) is 0 Å². The number of sulfone groups is 1. The van der Waals surface area contributed by atoms with Crippen LogP contribution in [0.5, 0.6) is 0 Å². The molecule has 2 unspecified atom stereocenters. The zero-order valence-electron chi connectivity index (χ0n) is 14.1. The van der Waals surface area contributed by atoms with E-state index in [1.54, 1.807) is 18.2 Å². The highest BCUT2D eigenvalue weighted by atomic mass is 32.2. The molecule has 1 aliphatic rings. The van der Waals surface area contributed by atoms with Gasteiger partial charge in [-0.3, -0.25) is 0 Å². The molecule has 144 valence electrons. The molecule has 4 N–H and O–H groups in total. The molecule has 3 rings (SSSR count). The Morgan fingerprint density at radius 2 is 1.81 bits per heavy atom. The average Bonchev–Trinajstić information content (AvgIpc) is 2.92. The number of benzene rings is 1. The molecule has 0 fully saturated rings. The van der Waals surface area contributed by atoms with Gasteiger partial charge < -0.3 is 11.5 Å². The third-order valence-electron chi connectivity index (χ3n) is 4.28. The molecule has 0 saturated heterocycles. The van der Waals surface area contributed by atoms with Crippen molar-refractivity contribution in [2.45, 2.75) is 17.0 Å². The number of allylic oxidation sites excluding steroid dienone is 2. The monoisotopic (exact) mass is 399 g/mol. The van der Waals surface area contributed by atoms with Gasteiger partial charge in [-0.1, -0.05) is 36.4 Å². The van der Waals surface area contributed by atoms with Gasteiger partial charge in [-0.15, -0.1) is 5.10 Å². The second-order valence-corrected chi connectivity index (χ2v) is 8.31. The van der Waals surface area contributed by atoms with Gasteiger partial charge in [0, 0.05) is 17.7 Å². The molecule has 11 heteroatoms. The van der Waals surface area contributed by atoms with Gasteiger partial charge in [-0.2, -0.15) is 18.2 Å². The van der Waals surface area contributed by atoms with Crippen molar-refractivity contribution in [1.29, 1.82) is 0 Å². The van der Waals surface area contributed by atoms with E-state index in [0.717, 1.165) is 12.3 Å². The Kier molecular flexibility index (Phi) is 4.29. The molecule has 2 aromatic rings. The van der Waals surface area contributed by atoms with Crippen LogP contribution in [0.3, 0.4) is 0 Å². The van der Waals surface area contributed by atoms with Crippen LogP contribution in [0.4, 0.5) is 25.1 Å². The van der Waals surface area contributed by atoms with E-state index in [1.807, 2.05) is 0 Å². The lowest BCUT2D eigenvalue weighted by atomic mass is 9.85. The van der Waals surface area contributed by atoms with Crippen LogP contribution in [-0.4, -0.2) is 35.6 Å². The molecule has 2 atom stereocenters. The van der Waals surface area contributed by atoms with Gasteiger partial charge in [0.1, 0.15) is 0 Å². The number of nitrogen functional groups attached to an aromatic ring is 2. The Bertz CT molecular complexity index is 1030. The van der Waals surface area contributed by atoms with Crippen molar-refractivity contribution < 1.29 is 21.6 Å². The summed E-state index contributed by atoms with van der Waals surface area (Å²) in [6.07, 6.45) is -1.08. The summed E-state index contributed by atoms with van der Waals surface area (Å²) in [5.74, 6) is -1.95. The molecule has 1 aromatic heterocycles. The topological polar surface area (TPSA) is 117 Å². The van der Waals surface area contributed by atoms with E-state index in [9.17, 15) is 21.6 Å². The summed E-state index contributed by atoms with van der Waals surface area (Å²) in [5, 5.41) is 3.70. The van der Waals surface area contributed by atoms with E-state index in [2.05, 4.69) is 10.1 Å². The summed E-state index contributed by atoms with van der Waals surface area (Å²) in [6, 6.07) is 7.94. The molecule has 0 amide bonds. The van der Waals surface area contributed by atoms with Crippen molar-refractivity contribution in [3.63, 3.8) is 0 Å². The van der Waals surface area contributed by atoms with Crippen LogP contribution in [0.25, 0.3) is 0 Å². The number of alkyl halides is 3. The molecule has 0 aliphatic heterocycles. The number of hydrogen-bond donors (Lipinski definition) is 2. The van der Waals surface area contributed by atoms with E-state index in [-0.39, 0.29) is 5.95 Å². The van der Waals surface area contributed by atoms with Gasteiger partial charge in [0.2, 0.25) is 16.8 Å². The summed E-state index contributed by atoms with van der Waals surface area (Å²) in [6.45, 7) is 0. The van der Waals surface area contributed by atoms with E-state index in [1.165, 1.54) is 18.2 Å². The number of halogens is 3. The third kappa shape index (κ3) is 3.18. The number of aromatic nitrogens is 3. The van der Waals surface area contributed by atoms with E-state index in [0.29, 0.717) is 16.3 Å². The molecular formula is C16H16F3N5O2S. The molecule has 27 heavy (non-hydrogen) atoms. The second-order valence-electron chi connectivity index (χ2n) is 6.11. The fraction of sp³-hybridized carbons (Fsp3) is 0.250. The Hall–Kier alpha value is -2.82. The number of nitrogens with two attached hydrogens (primary N) is 2. The first-order valence-corrected chi connectivity index (χ1v) is 9.57. The van der Waals surface area contributed by atoms with E-state index >= 15 is 0 Å². The normalized spacial score (nSPS) is 23.3. The van der Waals surface area contributed by atoms with E-state index in [4.69, 9.17) is 11.5 Å². The highest BCUT2D eigenvalue weighted by Gasteiger charge is 2.49. The number of anilines is 2. The molecule has 0 saturated carbocycles. The van der Waals surface area contributed by atoms with Crippen LogP contribution in [-0.2, 0) is 14.7 Å². The van der Waals surface area contributed by atoms with Crippen molar-refractivity contribution in [3.05, 3.63) is 59.7 Å². The van der Waals surface area contributed by atoms with Gasteiger partial charge in [0.15, 0.2) is 9.84 Å². The maximum absolute atomic E-state index is 13.8. The zero-order valence-corrected chi connectivity index (χ0v) is 14.9. The fourth-order valence-electron chi connectivity index (χ4n) is 3.03. The predicted molar refractivity (Wildman–Crippen MR) is 94.1 cm³/mol. The largest absolute Gasteiger partial charge is 0.413 e. The second kappa shape index (κ2) is 6.12. The van der Waals surface area contributed by atoms with Crippen molar-refractivity contribution in [2.24, 2.45) is 0 Å². The lowest BCUT2D eigenvalue weighted by Gasteiger charge is -2.33. The molecule has 0 bridgehead atoms. The summed E-state index contributed by atoms with van der Waals surface area (Å²) in [5.41, 5.74) is 10.4. The van der Waals surface area contributed by atoms with Crippen molar-refractivity contribution in [1.82, 2.24) is 14.8 Å². The Balaban J connectivity index is 2.29. The highest BCUT2D eigenvalue weighted by Crippen LogP contribution is 2.45. The lowest BCUT2D eigenvalue weighted by molar-refractivity contribution is -0.0953. The van der Waals surface area contributed by atoms with Gasteiger partial charge >= 0.3 is 6.18 Å². The first-order chi connectivity index (χ1) is 12.5. The maximum atomic E-state index is 13.8. The zero-order chi connectivity index (χ0) is 20.0. The molecule has 7 nitrogen and oxygen atoms in total. The van der Waals surface area contributed by atoms with Crippen LogP contribution >= 0.6 is 0 Å². The molecule has 0 radical (unpaired) electrons. The molecular weight excluding hydrogens is 383 g/mol. The summed E-state index contributed by atoms with van der Waals surface area (Å²) < 4.78 is 67.3. The Morgan fingerprint density at radius 1 is 1.19 bits per heavy atom. The fourth-order valence-corrected chi connectivity index (χ4v) is 4.14. The van der Waals surface area contributed by atoms with Crippen LogP contribution in [0.15, 0.2) is 54.1 Å². The Morgan fingerprint density at radius 3 is 2.30 bits per heavy atom.